The predicted octanol–water partition coefficient (Wildman–Crippen LogP) is 0.761. The minimum atomic E-state index is -1.10. The zero-order chi connectivity index (χ0) is 11.4. The molecule has 0 aromatic heterocycles. The van der Waals surface area contributed by atoms with Crippen LogP contribution in [0.3, 0.4) is 0 Å². The number of carbonyl (C=O) groups is 2. The maximum atomic E-state index is 10.6. The molecule has 4 N–H and O–H groups in total. The Morgan fingerprint density at radius 3 is 2.44 bits per heavy atom. The van der Waals surface area contributed by atoms with Crippen molar-refractivity contribution in [2.24, 2.45) is 5.73 Å². The van der Waals surface area contributed by atoms with Gasteiger partial charge in [0, 0.05) is 0 Å². The summed E-state index contributed by atoms with van der Waals surface area (Å²) in [7, 11) is 0. The summed E-state index contributed by atoms with van der Waals surface area (Å²) < 4.78 is 0. The number of rotatable bonds is 4. The van der Waals surface area contributed by atoms with Gasteiger partial charge in [-0.25, -0.2) is 4.79 Å². The molecule has 0 saturated carbocycles. The van der Waals surface area contributed by atoms with E-state index in [1.165, 1.54) is 12.1 Å². The number of aromatic carboxylic acids is 1. The summed E-state index contributed by atoms with van der Waals surface area (Å²) in [4.78, 5) is 21.1. The molecule has 0 aliphatic carbocycles. The first kappa shape index (κ1) is 14.4. The summed E-state index contributed by atoms with van der Waals surface area (Å²) in [5, 5.41) is 17.3. The van der Waals surface area contributed by atoms with E-state index in [9.17, 15) is 9.59 Å². The molecule has 0 heterocycles. The lowest BCUT2D eigenvalue weighted by atomic mass is 10.0. The SMILES string of the molecule is Cl.N[C@@H](Cc1cccc(C(=O)O)c1)C(=O)O. The Labute approximate surface area is 98.3 Å². The molecule has 5 nitrogen and oxygen atoms in total. The van der Waals surface area contributed by atoms with Crippen LogP contribution in [0.15, 0.2) is 24.3 Å². The van der Waals surface area contributed by atoms with Crippen LogP contribution in [0.2, 0.25) is 0 Å². The second-order valence-corrected chi connectivity index (χ2v) is 3.15. The molecule has 0 spiro atoms. The molecule has 0 unspecified atom stereocenters. The maximum Gasteiger partial charge on any atom is 0.335 e. The number of carboxylic acid groups (broad SMARTS) is 2. The Morgan fingerprint density at radius 2 is 1.94 bits per heavy atom. The molecule has 0 aliphatic heterocycles. The van der Waals surface area contributed by atoms with E-state index in [0.29, 0.717) is 5.56 Å². The first-order valence-electron chi connectivity index (χ1n) is 4.31. The van der Waals surface area contributed by atoms with Crippen molar-refractivity contribution < 1.29 is 19.8 Å². The number of halogens is 1. The lowest BCUT2D eigenvalue weighted by molar-refractivity contribution is -0.138. The molecular formula is C10H12ClNO4. The number of aliphatic carboxylic acids is 1. The zero-order valence-corrected chi connectivity index (χ0v) is 9.11. The molecular weight excluding hydrogens is 234 g/mol. The highest BCUT2D eigenvalue weighted by Crippen LogP contribution is 2.07. The Bertz CT molecular complexity index is 394. The summed E-state index contributed by atoms with van der Waals surface area (Å²) in [6.45, 7) is 0. The summed E-state index contributed by atoms with van der Waals surface area (Å²) in [6, 6.07) is 5.07. The fourth-order valence-electron chi connectivity index (χ4n) is 1.17. The first-order chi connectivity index (χ1) is 7.00. The molecule has 1 atom stereocenters. The fourth-order valence-corrected chi connectivity index (χ4v) is 1.17. The number of hydrogen-bond donors (Lipinski definition) is 3. The average molecular weight is 246 g/mol. The Morgan fingerprint density at radius 1 is 1.31 bits per heavy atom. The van der Waals surface area contributed by atoms with Crippen molar-refractivity contribution in [2.45, 2.75) is 12.5 Å². The van der Waals surface area contributed by atoms with Crippen LogP contribution < -0.4 is 5.73 Å². The number of hydrogen-bond acceptors (Lipinski definition) is 3. The average Bonchev–Trinajstić information content (AvgIpc) is 2.18. The largest absolute Gasteiger partial charge is 0.480 e. The van der Waals surface area contributed by atoms with Gasteiger partial charge in [-0.15, -0.1) is 12.4 Å². The van der Waals surface area contributed by atoms with Crippen molar-refractivity contribution >= 4 is 24.3 Å². The molecule has 16 heavy (non-hydrogen) atoms. The fraction of sp³-hybridized carbons (Fsp3) is 0.200. The molecule has 0 saturated heterocycles. The second-order valence-electron chi connectivity index (χ2n) is 3.15. The summed E-state index contributed by atoms with van der Waals surface area (Å²) >= 11 is 0. The second kappa shape index (κ2) is 6.09. The van der Waals surface area contributed by atoms with E-state index < -0.39 is 18.0 Å². The van der Waals surface area contributed by atoms with Crippen LogP contribution in [0.4, 0.5) is 0 Å². The molecule has 1 aromatic rings. The highest BCUT2D eigenvalue weighted by Gasteiger charge is 2.12. The zero-order valence-electron chi connectivity index (χ0n) is 8.29. The van der Waals surface area contributed by atoms with Gasteiger partial charge in [-0.3, -0.25) is 4.79 Å². The van der Waals surface area contributed by atoms with Crippen molar-refractivity contribution in [3.8, 4) is 0 Å². The van der Waals surface area contributed by atoms with E-state index in [-0.39, 0.29) is 24.4 Å². The van der Waals surface area contributed by atoms with Gasteiger partial charge >= 0.3 is 11.9 Å². The van der Waals surface area contributed by atoms with Gasteiger partial charge in [-0.2, -0.15) is 0 Å². The monoisotopic (exact) mass is 245 g/mol. The van der Waals surface area contributed by atoms with E-state index in [1.807, 2.05) is 0 Å². The molecule has 88 valence electrons. The lowest BCUT2D eigenvalue weighted by Gasteiger charge is -2.06. The van der Waals surface area contributed by atoms with Crippen molar-refractivity contribution in [3.63, 3.8) is 0 Å². The maximum absolute atomic E-state index is 10.6. The third-order valence-electron chi connectivity index (χ3n) is 1.95. The van der Waals surface area contributed by atoms with E-state index >= 15 is 0 Å². The highest BCUT2D eigenvalue weighted by atomic mass is 35.5. The molecule has 6 heteroatoms. The van der Waals surface area contributed by atoms with Gasteiger partial charge < -0.3 is 15.9 Å². The Hall–Kier alpha value is -1.59. The molecule has 0 radical (unpaired) electrons. The third-order valence-corrected chi connectivity index (χ3v) is 1.95. The third kappa shape index (κ3) is 3.88. The molecule has 0 amide bonds. The minimum Gasteiger partial charge on any atom is -0.480 e. The van der Waals surface area contributed by atoms with Gasteiger partial charge in [-0.1, -0.05) is 12.1 Å². The lowest BCUT2D eigenvalue weighted by Crippen LogP contribution is -2.32. The summed E-state index contributed by atoms with van der Waals surface area (Å²) in [5.41, 5.74) is 6.06. The van der Waals surface area contributed by atoms with Gasteiger partial charge in [0.05, 0.1) is 5.56 Å². The van der Waals surface area contributed by atoms with E-state index in [0.717, 1.165) is 0 Å². The summed E-state index contributed by atoms with van der Waals surface area (Å²) in [6.07, 6.45) is 0.121. The van der Waals surface area contributed by atoms with Crippen LogP contribution in [0.1, 0.15) is 15.9 Å². The van der Waals surface area contributed by atoms with Crippen LogP contribution in [-0.2, 0) is 11.2 Å². The van der Waals surface area contributed by atoms with Crippen LogP contribution in [-0.4, -0.2) is 28.2 Å². The van der Waals surface area contributed by atoms with E-state index in [1.54, 1.807) is 12.1 Å². The Kier molecular flexibility index (Phi) is 5.49. The number of benzene rings is 1. The van der Waals surface area contributed by atoms with Gasteiger partial charge in [0.25, 0.3) is 0 Å². The topological polar surface area (TPSA) is 101 Å². The quantitative estimate of drug-likeness (QED) is 0.727. The van der Waals surface area contributed by atoms with Crippen LogP contribution in [0.5, 0.6) is 0 Å². The molecule has 1 rings (SSSR count). The van der Waals surface area contributed by atoms with Crippen molar-refractivity contribution in [3.05, 3.63) is 35.4 Å². The normalized spacial score (nSPS) is 11.3. The van der Waals surface area contributed by atoms with Gasteiger partial charge in [0.15, 0.2) is 0 Å². The van der Waals surface area contributed by atoms with Crippen LogP contribution in [0, 0.1) is 0 Å². The number of nitrogens with two attached hydrogens (primary N) is 1. The van der Waals surface area contributed by atoms with Crippen LogP contribution in [0.25, 0.3) is 0 Å². The first-order valence-corrected chi connectivity index (χ1v) is 4.31. The standard InChI is InChI=1S/C10H11NO4.ClH/c11-8(10(14)15)5-6-2-1-3-7(4-6)9(12)13;/h1-4,8H,5,11H2,(H,12,13)(H,14,15);1H/t8-;/m0./s1. The number of carboxylic acids is 2. The van der Waals surface area contributed by atoms with Gasteiger partial charge in [0.2, 0.25) is 0 Å². The van der Waals surface area contributed by atoms with E-state index in [2.05, 4.69) is 0 Å². The van der Waals surface area contributed by atoms with Gasteiger partial charge in [0.1, 0.15) is 6.04 Å². The van der Waals surface area contributed by atoms with Crippen molar-refractivity contribution in [1.29, 1.82) is 0 Å². The summed E-state index contributed by atoms with van der Waals surface area (Å²) in [5.74, 6) is -2.14. The smallest absolute Gasteiger partial charge is 0.335 e. The molecule has 0 fully saturated rings. The van der Waals surface area contributed by atoms with Crippen LogP contribution >= 0.6 is 12.4 Å². The Balaban J connectivity index is 0.00000225. The van der Waals surface area contributed by atoms with E-state index in [4.69, 9.17) is 15.9 Å². The van der Waals surface area contributed by atoms with Gasteiger partial charge in [-0.05, 0) is 24.1 Å². The predicted molar refractivity (Wildman–Crippen MR) is 60.0 cm³/mol. The molecule has 0 bridgehead atoms. The molecule has 1 aromatic carbocycles. The molecule has 0 aliphatic rings. The minimum absolute atomic E-state index is 0. The highest BCUT2D eigenvalue weighted by molar-refractivity contribution is 5.87. The van der Waals surface area contributed by atoms with Crippen molar-refractivity contribution in [1.82, 2.24) is 0 Å². The van der Waals surface area contributed by atoms with Crippen molar-refractivity contribution in [2.75, 3.05) is 0 Å².